The molecule has 2 aliphatic heterocycles. The zero-order valence-electron chi connectivity index (χ0n) is 12.3. The predicted molar refractivity (Wildman–Crippen MR) is 87.5 cm³/mol. The van der Waals surface area contributed by atoms with Gasteiger partial charge in [-0.1, -0.05) is 29.8 Å². The van der Waals surface area contributed by atoms with E-state index >= 15 is 0 Å². The van der Waals surface area contributed by atoms with Gasteiger partial charge in [0.1, 0.15) is 22.9 Å². The number of β-lactam (4-membered cyclic amide) rings is 1. The van der Waals surface area contributed by atoms with Gasteiger partial charge in [0.25, 0.3) is 11.8 Å². The smallest absolute Gasteiger partial charge is 0.353 e. The average molecular weight is 369 g/mol. The Balaban J connectivity index is 1.59. The molecule has 9 heteroatoms. The van der Waals surface area contributed by atoms with Gasteiger partial charge in [-0.05, 0) is 12.1 Å². The van der Waals surface area contributed by atoms with Crippen LogP contribution < -0.4 is 10.1 Å². The van der Waals surface area contributed by atoms with Crippen LogP contribution in [0.3, 0.4) is 0 Å². The minimum atomic E-state index is -1.25. The Morgan fingerprint density at radius 2 is 2.08 bits per heavy atom. The van der Waals surface area contributed by atoms with Crippen molar-refractivity contribution in [2.45, 2.75) is 11.4 Å². The molecule has 1 saturated heterocycles. The number of hydrogen-bond acceptors (Lipinski definition) is 5. The number of thioether (sulfide) groups is 1. The summed E-state index contributed by atoms with van der Waals surface area (Å²) in [6, 6.07) is 8.04. The van der Waals surface area contributed by atoms with Gasteiger partial charge in [0.2, 0.25) is 0 Å². The van der Waals surface area contributed by atoms with Crippen LogP contribution in [0.5, 0.6) is 5.75 Å². The van der Waals surface area contributed by atoms with Gasteiger partial charge < -0.3 is 15.2 Å². The lowest BCUT2D eigenvalue weighted by atomic mass is 10.1. The van der Waals surface area contributed by atoms with E-state index in [1.165, 1.54) is 11.8 Å². The lowest BCUT2D eigenvalue weighted by molar-refractivity contribution is -0.150. The van der Waals surface area contributed by atoms with Gasteiger partial charge in [-0.2, -0.15) is 0 Å². The van der Waals surface area contributed by atoms with Crippen molar-refractivity contribution in [3.05, 3.63) is 41.1 Å². The minimum absolute atomic E-state index is 0.120. The number of hydrogen-bond donors (Lipinski definition) is 2. The zero-order chi connectivity index (χ0) is 17.3. The van der Waals surface area contributed by atoms with Crippen LogP contribution in [-0.4, -0.2) is 51.6 Å². The molecule has 1 aromatic rings. The summed E-state index contributed by atoms with van der Waals surface area (Å²) in [5.74, 6) is -1.37. The lowest BCUT2D eigenvalue weighted by Gasteiger charge is -2.48. The van der Waals surface area contributed by atoms with Crippen molar-refractivity contribution in [2.24, 2.45) is 0 Å². The summed E-state index contributed by atoms with van der Waals surface area (Å²) < 4.78 is 5.32. The standard InChI is InChI=1S/C15H13ClN2O5S/c16-9-7-24-14-11(13(20)18(14)12(9)15(21)22)17-10(19)6-23-8-4-2-1-3-5-8/h1-5,11,14H,6-7H2,(H,17,19)(H,21,22)/t11?,14-/m1/s1. The number of ether oxygens (including phenoxy) is 1. The largest absolute Gasteiger partial charge is 0.484 e. The number of nitrogens with one attached hydrogen (secondary N) is 1. The Morgan fingerprint density at radius 1 is 1.38 bits per heavy atom. The van der Waals surface area contributed by atoms with Crippen molar-refractivity contribution in [3.8, 4) is 5.75 Å². The highest BCUT2D eigenvalue weighted by Gasteiger charge is 2.54. The summed E-state index contributed by atoms with van der Waals surface area (Å²) >= 11 is 7.19. The molecule has 7 nitrogen and oxygen atoms in total. The summed E-state index contributed by atoms with van der Waals surface area (Å²) in [6.07, 6.45) is 0. The van der Waals surface area contributed by atoms with Gasteiger partial charge in [-0.3, -0.25) is 14.5 Å². The monoisotopic (exact) mass is 368 g/mol. The van der Waals surface area contributed by atoms with E-state index in [0.29, 0.717) is 5.75 Å². The van der Waals surface area contributed by atoms with E-state index in [-0.39, 0.29) is 23.1 Å². The minimum Gasteiger partial charge on any atom is -0.484 e. The van der Waals surface area contributed by atoms with Crippen LogP contribution in [0.2, 0.25) is 0 Å². The van der Waals surface area contributed by atoms with Crippen molar-refractivity contribution in [2.75, 3.05) is 12.4 Å². The van der Waals surface area contributed by atoms with Crippen molar-refractivity contribution >= 4 is 41.1 Å². The first-order valence-corrected chi connectivity index (χ1v) is 8.45. The molecule has 2 heterocycles. The van der Waals surface area contributed by atoms with Crippen molar-refractivity contribution in [1.82, 2.24) is 10.2 Å². The summed E-state index contributed by atoms with van der Waals surface area (Å²) in [4.78, 5) is 36.5. The average Bonchev–Trinajstić information content (AvgIpc) is 2.58. The second-order valence-electron chi connectivity index (χ2n) is 5.12. The maximum atomic E-state index is 12.2. The number of aliphatic carboxylic acids is 1. The molecule has 2 amide bonds. The molecule has 1 fully saturated rings. The van der Waals surface area contributed by atoms with Gasteiger partial charge in [0.05, 0.1) is 5.03 Å². The Hall–Kier alpha value is -2.19. The maximum absolute atomic E-state index is 12.2. The molecular formula is C15H13ClN2O5S. The Morgan fingerprint density at radius 3 is 2.75 bits per heavy atom. The first-order valence-electron chi connectivity index (χ1n) is 7.03. The molecule has 0 saturated carbocycles. The molecule has 126 valence electrons. The molecule has 0 aromatic heterocycles. The van der Waals surface area contributed by atoms with Crippen LogP contribution in [0.15, 0.2) is 41.1 Å². The van der Waals surface area contributed by atoms with E-state index in [9.17, 15) is 19.5 Å². The summed E-state index contributed by atoms with van der Waals surface area (Å²) in [5, 5.41) is 11.4. The predicted octanol–water partition coefficient (Wildman–Crippen LogP) is 1.00. The van der Waals surface area contributed by atoms with Gasteiger partial charge in [0, 0.05) is 5.75 Å². The number of nitrogens with zero attached hydrogens (tertiary/aromatic N) is 1. The molecule has 24 heavy (non-hydrogen) atoms. The molecule has 3 rings (SSSR count). The van der Waals surface area contributed by atoms with Crippen LogP contribution in [-0.2, 0) is 14.4 Å². The lowest BCUT2D eigenvalue weighted by Crippen LogP contribution is -2.70. The number of carbonyl (C=O) groups is 3. The van der Waals surface area contributed by atoms with Crippen LogP contribution in [0.1, 0.15) is 0 Å². The fourth-order valence-electron chi connectivity index (χ4n) is 2.46. The second-order valence-corrected chi connectivity index (χ2v) is 6.68. The fourth-order valence-corrected chi connectivity index (χ4v) is 4.01. The molecule has 2 atom stereocenters. The highest BCUT2D eigenvalue weighted by Crippen LogP contribution is 2.41. The Kier molecular flexibility index (Phi) is 4.68. The van der Waals surface area contributed by atoms with E-state index in [2.05, 4.69) is 5.32 Å². The third-order valence-electron chi connectivity index (χ3n) is 3.55. The van der Waals surface area contributed by atoms with Crippen LogP contribution in [0.4, 0.5) is 0 Å². The molecule has 2 N–H and O–H groups in total. The van der Waals surface area contributed by atoms with Gasteiger partial charge in [-0.15, -0.1) is 11.8 Å². The number of carboxylic acid groups (broad SMARTS) is 1. The molecule has 0 bridgehead atoms. The van der Waals surface area contributed by atoms with E-state index in [1.807, 2.05) is 6.07 Å². The molecule has 1 aromatic carbocycles. The quantitative estimate of drug-likeness (QED) is 0.753. The first-order chi connectivity index (χ1) is 11.5. The summed E-state index contributed by atoms with van der Waals surface area (Å²) in [7, 11) is 0. The second kappa shape index (κ2) is 6.74. The number of rotatable bonds is 5. The van der Waals surface area contributed by atoms with E-state index in [1.54, 1.807) is 24.3 Å². The topological polar surface area (TPSA) is 95.9 Å². The summed E-state index contributed by atoms with van der Waals surface area (Å²) in [5.41, 5.74) is -0.212. The van der Waals surface area contributed by atoms with Crippen LogP contribution in [0, 0.1) is 0 Å². The van der Waals surface area contributed by atoms with Crippen LogP contribution >= 0.6 is 23.4 Å². The number of benzene rings is 1. The number of para-hydroxylation sites is 1. The van der Waals surface area contributed by atoms with Crippen molar-refractivity contribution < 1.29 is 24.2 Å². The Bertz CT molecular complexity index is 724. The van der Waals surface area contributed by atoms with Gasteiger partial charge in [0.15, 0.2) is 6.61 Å². The highest BCUT2D eigenvalue weighted by molar-refractivity contribution is 8.00. The molecule has 0 aliphatic carbocycles. The molecule has 0 spiro atoms. The third-order valence-corrected chi connectivity index (χ3v) is 5.30. The highest BCUT2D eigenvalue weighted by atomic mass is 35.5. The zero-order valence-corrected chi connectivity index (χ0v) is 13.8. The van der Waals surface area contributed by atoms with Gasteiger partial charge in [-0.25, -0.2) is 4.79 Å². The van der Waals surface area contributed by atoms with E-state index in [4.69, 9.17) is 16.3 Å². The molecule has 2 aliphatic rings. The number of fused-ring (bicyclic) bond motifs is 1. The Labute approximate surface area is 146 Å². The normalized spacial score (nSPS) is 22.5. The third kappa shape index (κ3) is 3.07. The first kappa shape index (κ1) is 16.7. The van der Waals surface area contributed by atoms with Crippen molar-refractivity contribution in [3.63, 3.8) is 0 Å². The van der Waals surface area contributed by atoms with E-state index in [0.717, 1.165) is 4.90 Å². The molecule has 0 radical (unpaired) electrons. The van der Waals surface area contributed by atoms with Crippen LogP contribution in [0.25, 0.3) is 0 Å². The number of carbonyl (C=O) groups excluding carboxylic acids is 2. The maximum Gasteiger partial charge on any atom is 0.353 e. The number of halogens is 1. The van der Waals surface area contributed by atoms with Crippen molar-refractivity contribution in [1.29, 1.82) is 0 Å². The number of amides is 2. The van der Waals surface area contributed by atoms with E-state index < -0.39 is 29.2 Å². The summed E-state index contributed by atoms with van der Waals surface area (Å²) in [6.45, 7) is -0.229. The number of carboxylic acids is 1. The molecular weight excluding hydrogens is 356 g/mol. The fraction of sp³-hybridized carbons (Fsp3) is 0.267. The SMILES string of the molecule is O=C(COc1ccccc1)NC1C(=O)N2C(C(=O)O)=C(Cl)CS[C@H]12. The van der Waals surface area contributed by atoms with Gasteiger partial charge >= 0.3 is 5.97 Å². The molecule has 1 unspecified atom stereocenters.